The van der Waals surface area contributed by atoms with Crippen LogP contribution >= 0.6 is 27.7 Å². The number of alkyl halides is 1. The quantitative estimate of drug-likeness (QED) is 0.163. The lowest BCUT2D eigenvalue weighted by atomic mass is 10.1. The first kappa shape index (κ1) is 22.3. The van der Waals surface area contributed by atoms with Crippen LogP contribution in [0.3, 0.4) is 0 Å². The number of esters is 1. The molecule has 0 N–H and O–H groups in total. The molecule has 0 saturated carbocycles. The number of carbonyl (C=O) groups excluding carboxylic acids is 1. The molecule has 0 fully saturated rings. The second-order valence-corrected chi connectivity index (χ2v) is 7.89. The summed E-state index contributed by atoms with van der Waals surface area (Å²) in [5.74, 6) is 2.00. The van der Waals surface area contributed by atoms with Crippen molar-refractivity contribution in [3.63, 3.8) is 0 Å². The van der Waals surface area contributed by atoms with Crippen LogP contribution in [0.5, 0.6) is 0 Å². The van der Waals surface area contributed by atoms with E-state index in [1.54, 1.807) is 0 Å². The maximum atomic E-state index is 10.9. The minimum atomic E-state index is -0.0874. The number of carbonyl (C=O) groups is 1. The second kappa shape index (κ2) is 19.3. The molecule has 0 aromatic heterocycles. The number of ether oxygens (including phenoxy) is 1. The summed E-state index contributed by atoms with van der Waals surface area (Å²) in [6.45, 7) is 0. The Balaban J connectivity index is 2.98. The molecule has 0 amide bonds. The highest BCUT2D eigenvalue weighted by Crippen LogP contribution is 2.13. The molecule has 22 heavy (non-hydrogen) atoms. The Bertz CT molecular complexity index is 237. The van der Waals surface area contributed by atoms with Crippen LogP contribution in [0, 0.1) is 0 Å². The van der Waals surface area contributed by atoms with E-state index in [1.807, 2.05) is 11.8 Å². The van der Waals surface area contributed by atoms with E-state index in [1.165, 1.54) is 89.9 Å². The third kappa shape index (κ3) is 18.3. The maximum absolute atomic E-state index is 10.9. The second-order valence-electron chi connectivity index (χ2n) is 5.87. The molecule has 0 rings (SSSR count). The largest absolute Gasteiger partial charge is 0.469 e. The van der Waals surface area contributed by atoms with Gasteiger partial charge in [0.2, 0.25) is 0 Å². The molecule has 0 heterocycles. The average Bonchev–Trinajstić information content (AvgIpc) is 2.54. The van der Waals surface area contributed by atoms with Gasteiger partial charge in [-0.2, -0.15) is 11.8 Å². The van der Waals surface area contributed by atoms with Crippen LogP contribution in [0.4, 0.5) is 0 Å². The molecule has 0 atom stereocenters. The molecular formula is C18H35BrO2S. The summed E-state index contributed by atoms with van der Waals surface area (Å²) in [6.07, 6.45) is 17.2. The molecule has 0 bridgehead atoms. The molecule has 0 radical (unpaired) electrons. The minimum absolute atomic E-state index is 0.0874. The Hall–Kier alpha value is 0.300. The molecule has 0 aromatic carbocycles. The highest BCUT2D eigenvalue weighted by Gasteiger charge is 1.99. The van der Waals surface area contributed by atoms with E-state index in [0.717, 1.165) is 11.1 Å². The first-order chi connectivity index (χ1) is 10.8. The normalized spacial score (nSPS) is 10.8. The molecule has 0 spiro atoms. The van der Waals surface area contributed by atoms with Crippen molar-refractivity contribution in [3.8, 4) is 0 Å². The zero-order chi connectivity index (χ0) is 16.3. The van der Waals surface area contributed by atoms with Gasteiger partial charge < -0.3 is 4.74 Å². The van der Waals surface area contributed by atoms with Gasteiger partial charge >= 0.3 is 5.97 Å². The van der Waals surface area contributed by atoms with Gasteiger partial charge in [-0.25, -0.2) is 0 Å². The van der Waals surface area contributed by atoms with Crippen molar-refractivity contribution in [2.45, 2.75) is 83.5 Å². The topological polar surface area (TPSA) is 26.3 Å². The lowest BCUT2D eigenvalue weighted by Crippen LogP contribution is -2.01. The standard InChI is InChI=1S/C18H35BrO2S/c1-21-18(20)14-17-22-16-13-11-9-7-5-3-2-4-6-8-10-12-15-19/h2-17H2,1H3. The van der Waals surface area contributed by atoms with Crippen LogP contribution in [0.15, 0.2) is 0 Å². The predicted octanol–water partition coefficient (Wildman–Crippen LogP) is 6.36. The van der Waals surface area contributed by atoms with E-state index in [9.17, 15) is 4.79 Å². The molecule has 0 aromatic rings. The van der Waals surface area contributed by atoms with Gasteiger partial charge in [0.25, 0.3) is 0 Å². The van der Waals surface area contributed by atoms with Crippen LogP contribution in [0.2, 0.25) is 0 Å². The van der Waals surface area contributed by atoms with Crippen LogP contribution in [0.1, 0.15) is 83.5 Å². The summed E-state index contributed by atoms with van der Waals surface area (Å²) >= 11 is 5.36. The summed E-state index contributed by atoms with van der Waals surface area (Å²) in [6, 6.07) is 0. The van der Waals surface area contributed by atoms with Crippen LogP contribution < -0.4 is 0 Å². The summed E-state index contributed by atoms with van der Waals surface area (Å²) < 4.78 is 4.62. The molecule has 2 nitrogen and oxygen atoms in total. The maximum Gasteiger partial charge on any atom is 0.306 e. The van der Waals surface area contributed by atoms with Gasteiger partial charge in [0.1, 0.15) is 0 Å². The highest BCUT2D eigenvalue weighted by atomic mass is 79.9. The van der Waals surface area contributed by atoms with Crippen molar-refractivity contribution in [2.75, 3.05) is 23.9 Å². The van der Waals surface area contributed by atoms with Crippen molar-refractivity contribution in [1.29, 1.82) is 0 Å². The first-order valence-electron chi connectivity index (χ1n) is 9.01. The lowest BCUT2D eigenvalue weighted by molar-refractivity contribution is -0.140. The summed E-state index contributed by atoms with van der Waals surface area (Å²) in [4.78, 5) is 10.9. The zero-order valence-corrected chi connectivity index (χ0v) is 16.8. The average molecular weight is 395 g/mol. The van der Waals surface area contributed by atoms with Gasteiger partial charge in [-0.3, -0.25) is 4.79 Å². The fourth-order valence-corrected chi connectivity index (χ4v) is 3.75. The smallest absolute Gasteiger partial charge is 0.306 e. The third-order valence-electron chi connectivity index (χ3n) is 3.85. The fourth-order valence-electron chi connectivity index (χ4n) is 2.43. The summed E-state index contributed by atoms with van der Waals surface area (Å²) in [5, 5.41) is 1.16. The van der Waals surface area contributed by atoms with E-state index in [4.69, 9.17) is 0 Å². The summed E-state index contributed by atoms with van der Waals surface area (Å²) in [7, 11) is 1.46. The van der Waals surface area contributed by atoms with E-state index in [0.29, 0.717) is 6.42 Å². The van der Waals surface area contributed by atoms with Crippen LogP contribution in [-0.4, -0.2) is 29.9 Å². The first-order valence-corrected chi connectivity index (χ1v) is 11.3. The minimum Gasteiger partial charge on any atom is -0.469 e. The Morgan fingerprint density at radius 2 is 1.23 bits per heavy atom. The number of hydrogen-bond donors (Lipinski definition) is 0. The molecule has 132 valence electrons. The fraction of sp³-hybridized carbons (Fsp3) is 0.944. The molecule has 0 unspecified atom stereocenters. The van der Waals surface area contributed by atoms with E-state index >= 15 is 0 Å². The number of hydrogen-bond acceptors (Lipinski definition) is 3. The molecule has 0 aliphatic carbocycles. The van der Waals surface area contributed by atoms with Gasteiger partial charge in [0.15, 0.2) is 0 Å². The number of thioether (sulfide) groups is 1. The Kier molecular flexibility index (Phi) is 19.6. The van der Waals surface area contributed by atoms with Crippen LogP contribution in [0.25, 0.3) is 0 Å². The number of unbranched alkanes of at least 4 members (excludes halogenated alkanes) is 11. The predicted molar refractivity (Wildman–Crippen MR) is 103 cm³/mol. The van der Waals surface area contributed by atoms with Gasteiger partial charge in [-0.15, -0.1) is 0 Å². The SMILES string of the molecule is COC(=O)CCSCCCCCCCCCCCCCCBr. The van der Waals surface area contributed by atoms with E-state index < -0.39 is 0 Å². The van der Waals surface area contributed by atoms with Gasteiger partial charge in [0.05, 0.1) is 13.5 Å². The molecule has 0 aliphatic rings. The zero-order valence-electron chi connectivity index (χ0n) is 14.4. The molecular weight excluding hydrogens is 360 g/mol. The van der Waals surface area contributed by atoms with E-state index in [2.05, 4.69) is 20.7 Å². The monoisotopic (exact) mass is 394 g/mol. The third-order valence-corrected chi connectivity index (χ3v) is 5.48. The molecule has 4 heteroatoms. The number of rotatable bonds is 17. The van der Waals surface area contributed by atoms with Gasteiger partial charge in [-0.05, 0) is 18.6 Å². The molecule has 0 saturated heterocycles. The summed E-state index contributed by atoms with van der Waals surface area (Å²) in [5.41, 5.74) is 0. The van der Waals surface area contributed by atoms with Gasteiger partial charge in [0, 0.05) is 11.1 Å². The Morgan fingerprint density at radius 1 is 0.773 bits per heavy atom. The van der Waals surface area contributed by atoms with Crippen molar-refractivity contribution < 1.29 is 9.53 Å². The van der Waals surface area contributed by atoms with Crippen molar-refractivity contribution in [2.24, 2.45) is 0 Å². The van der Waals surface area contributed by atoms with Crippen LogP contribution in [-0.2, 0) is 9.53 Å². The van der Waals surface area contributed by atoms with Gasteiger partial charge in [-0.1, -0.05) is 80.1 Å². The Morgan fingerprint density at radius 3 is 1.68 bits per heavy atom. The number of methoxy groups -OCH3 is 1. The molecule has 0 aliphatic heterocycles. The number of halogens is 1. The van der Waals surface area contributed by atoms with Crippen molar-refractivity contribution in [3.05, 3.63) is 0 Å². The Labute approximate surface area is 150 Å². The van der Waals surface area contributed by atoms with E-state index in [-0.39, 0.29) is 5.97 Å². The van der Waals surface area contributed by atoms with Crippen molar-refractivity contribution >= 4 is 33.7 Å². The highest BCUT2D eigenvalue weighted by molar-refractivity contribution is 9.09. The lowest BCUT2D eigenvalue weighted by Gasteiger charge is -2.03. The van der Waals surface area contributed by atoms with Crippen molar-refractivity contribution in [1.82, 2.24) is 0 Å².